The molecule has 4 aliphatic rings. The quantitative estimate of drug-likeness (QED) is 0.207. The number of oxazole rings is 1. The van der Waals surface area contributed by atoms with E-state index in [1.54, 1.807) is 18.0 Å². The Morgan fingerprint density at radius 3 is 2.34 bits per heavy atom. The number of esters is 1. The highest BCUT2D eigenvalue weighted by atomic mass is 16.6. The van der Waals surface area contributed by atoms with E-state index < -0.39 is 18.0 Å². The topological polar surface area (TPSA) is 150 Å². The van der Waals surface area contributed by atoms with Crippen molar-refractivity contribution in [3.63, 3.8) is 0 Å². The number of piperidine rings is 2. The number of fused-ring (bicyclic) bond motifs is 2. The van der Waals surface area contributed by atoms with Gasteiger partial charge in [-0.2, -0.15) is 0 Å². The summed E-state index contributed by atoms with van der Waals surface area (Å²) in [6.45, 7) is 11.3. The van der Waals surface area contributed by atoms with Crippen molar-refractivity contribution in [3.05, 3.63) is 63.6 Å². The number of likely N-dealkylation sites (tertiary alicyclic amines) is 2. The first-order valence-corrected chi connectivity index (χ1v) is 21.2. The summed E-state index contributed by atoms with van der Waals surface area (Å²) in [5.41, 5.74) is 4.62. The standard InChI is InChI=1S/C43H59N7O8/c1-4-5-26-56-38(51)15-16-46-22-24-47(25-23-46)33-11-17-48(18-12-33)40(52)37(29-31-27-30(2)39-36(28-31)57-42(54)45(39)3)58-43(55)49-19-13-34(14-20-49)50-21-10-32-8-6-7-9-35(32)44-41(50)53/h6-9,27-28,33-34,37H,4-5,10-26,29H2,1-3H3,(H,44,53)/t37-/m1/s1. The summed E-state index contributed by atoms with van der Waals surface area (Å²) in [4.78, 5) is 75.9. The van der Waals surface area contributed by atoms with Crippen LogP contribution in [0.15, 0.2) is 45.6 Å². The number of anilines is 1. The third-order valence-corrected chi connectivity index (χ3v) is 12.5. The summed E-state index contributed by atoms with van der Waals surface area (Å²) in [6.07, 6.45) is 4.43. The molecule has 3 saturated heterocycles. The van der Waals surface area contributed by atoms with Crippen LogP contribution in [0.5, 0.6) is 0 Å². The van der Waals surface area contributed by atoms with Crippen LogP contribution in [0.1, 0.15) is 68.6 Å². The number of aryl methyl sites for hydroxylation is 2. The zero-order valence-electron chi connectivity index (χ0n) is 34.3. The molecule has 0 radical (unpaired) electrons. The molecule has 1 atom stereocenters. The van der Waals surface area contributed by atoms with Gasteiger partial charge in [-0.1, -0.05) is 37.6 Å². The molecular weight excluding hydrogens is 743 g/mol. The van der Waals surface area contributed by atoms with Crippen LogP contribution in [0, 0.1) is 6.92 Å². The molecule has 0 bridgehead atoms. The predicted octanol–water partition coefficient (Wildman–Crippen LogP) is 4.38. The van der Waals surface area contributed by atoms with Gasteiger partial charge in [0.2, 0.25) is 0 Å². The van der Waals surface area contributed by atoms with Gasteiger partial charge in [0.1, 0.15) is 0 Å². The van der Waals surface area contributed by atoms with Gasteiger partial charge in [-0.05, 0) is 74.3 Å². The lowest BCUT2D eigenvalue weighted by molar-refractivity contribution is -0.144. The Bertz CT molecular complexity index is 1990. The predicted molar refractivity (Wildman–Crippen MR) is 219 cm³/mol. The Hall–Kier alpha value is -4.89. The van der Waals surface area contributed by atoms with E-state index in [0.29, 0.717) is 82.3 Å². The summed E-state index contributed by atoms with van der Waals surface area (Å²) in [6, 6.07) is 11.7. The summed E-state index contributed by atoms with van der Waals surface area (Å²) in [5.74, 6) is -0.827. The van der Waals surface area contributed by atoms with Crippen molar-refractivity contribution in [1.82, 2.24) is 29.1 Å². The number of hydrogen-bond acceptors (Lipinski definition) is 10. The van der Waals surface area contributed by atoms with Gasteiger partial charge in [0.05, 0.1) is 18.5 Å². The van der Waals surface area contributed by atoms with Gasteiger partial charge in [0.25, 0.3) is 5.91 Å². The van der Waals surface area contributed by atoms with E-state index in [9.17, 15) is 24.0 Å². The van der Waals surface area contributed by atoms with Crippen LogP contribution in [0.4, 0.5) is 15.3 Å². The number of hydrogen-bond donors (Lipinski definition) is 1. The number of para-hydroxylation sites is 1. The fourth-order valence-corrected chi connectivity index (χ4v) is 9.05. The highest BCUT2D eigenvalue weighted by Gasteiger charge is 2.37. The van der Waals surface area contributed by atoms with Crippen LogP contribution < -0.4 is 11.1 Å². The van der Waals surface area contributed by atoms with Gasteiger partial charge in [-0.15, -0.1) is 0 Å². The van der Waals surface area contributed by atoms with E-state index in [-0.39, 0.29) is 30.4 Å². The average molecular weight is 802 g/mol. The fourth-order valence-electron chi connectivity index (χ4n) is 9.05. The third-order valence-electron chi connectivity index (χ3n) is 12.5. The number of urea groups is 1. The molecule has 2 aromatic carbocycles. The first-order valence-electron chi connectivity index (χ1n) is 21.2. The maximum atomic E-state index is 14.3. The number of amides is 4. The molecule has 1 N–H and O–H groups in total. The second-order valence-electron chi connectivity index (χ2n) is 16.3. The molecule has 15 heteroatoms. The summed E-state index contributed by atoms with van der Waals surface area (Å²) >= 11 is 0. The molecule has 4 aliphatic heterocycles. The lowest BCUT2D eigenvalue weighted by Gasteiger charge is -2.43. The van der Waals surface area contributed by atoms with E-state index in [1.807, 2.05) is 47.1 Å². The number of ether oxygens (including phenoxy) is 2. The maximum Gasteiger partial charge on any atom is 0.419 e. The molecule has 0 aliphatic carbocycles. The van der Waals surface area contributed by atoms with Crippen molar-refractivity contribution >= 4 is 40.8 Å². The van der Waals surface area contributed by atoms with Crippen LogP contribution in [-0.4, -0.2) is 143 Å². The van der Waals surface area contributed by atoms with Crippen LogP contribution in [0.2, 0.25) is 0 Å². The minimum atomic E-state index is -1.07. The fraction of sp³-hybridized carbons (Fsp3) is 0.605. The number of piperazine rings is 1. The molecule has 0 saturated carbocycles. The van der Waals surface area contributed by atoms with Gasteiger partial charge in [0.15, 0.2) is 11.7 Å². The molecule has 314 valence electrons. The van der Waals surface area contributed by atoms with Crippen LogP contribution in [0.3, 0.4) is 0 Å². The van der Waals surface area contributed by atoms with Crippen LogP contribution >= 0.6 is 0 Å². The van der Waals surface area contributed by atoms with Gasteiger partial charge in [-0.3, -0.25) is 19.1 Å². The maximum absolute atomic E-state index is 14.3. The first kappa shape index (κ1) is 41.3. The highest BCUT2D eigenvalue weighted by molar-refractivity contribution is 5.91. The SMILES string of the molecule is CCCCOC(=O)CCN1CCN(C2CCN(C(=O)[C@@H](Cc3cc(C)c4c(c3)oc(=O)n4C)OC(=O)N3CCC(N4CCc5ccccc5NC4=O)CC3)CC2)CC1. The molecule has 1 aromatic heterocycles. The first-order chi connectivity index (χ1) is 28.1. The molecule has 0 spiro atoms. The Morgan fingerprint density at radius 2 is 1.60 bits per heavy atom. The summed E-state index contributed by atoms with van der Waals surface area (Å²) in [7, 11) is 1.66. The molecule has 15 nitrogen and oxygen atoms in total. The third kappa shape index (κ3) is 9.69. The van der Waals surface area contributed by atoms with Crippen molar-refractivity contribution in [1.29, 1.82) is 0 Å². The van der Waals surface area contributed by atoms with E-state index >= 15 is 0 Å². The second-order valence-corrected chi connectivity index (χ2v) is 16.3. The highest BCUT2D eigenvalue weighted by Crippen LogP contribution is 2.27. The molecular formula is C43H59N7O8. The van der Waals surface area contributed by atoms with Crippen molar-refractivity contribution in [2.24, 2.45) is 7.05 Å². The number of nitrogens with one attached hydrogen (secondary N) is 1. The number of rotatable bonds is 12. The van der Waals surface area contributed by atoms with E-state index in [4.69, 9.17) is 13.9 Å². The normalized spacial score (nSPS) is 19.4. The minimum Gasteiger partial charge on any atom is -0.466 e. The van der Waals surface area contributed by atoms with Crippen molar-refractivity contribution < 1.29 is 33.1 Å². The second kappa shape index (κ2) is 18.8. The number of carbonyl (C=O) groups excluding carboxylic acids is 4. The van der Waals surface area contributed by atoms with Crippen LogP contribution in [0.25, 0.3) is 11.1 Å². The molecule has 58 heavy (non-hydrogen) atoms. The molecule has 5 heterocycles. The number of unbranched alkanes of at least 4 members (excludes halogenated alkanes) is 1. The zero-order chi connectivity index (χ0) is 40.8. The van der Waals surface area contributed by atoms with E-state index in [1.165, 1.54) is 4.57 Å². The Balaban J connectivity index is 0.953. The monoisotopic (exact) mass is 801 g/mol. The minimum absolute atomic E-state index is 0.0191. The van der Waals surface area contributed by atoms with Crippen LogP contribution in [-0.2, 0) is 39.0 Å². The molecule has 3 aromatic rings. The summed E-state index contributed by atoms with van der Waals surface area (Å²) < 4.78 is 18.4. The largest absolute Gasteiger partial charge is 0.466 e. The number of nitrogens with zero attached hydrogens (tertiary/aromatic N) is 6. The van der Waals surface area contributed by atoms with Crippen molar-refractivity contribution in [3.8, 4) is 0 Å². The molecule has 3 fully saturated rings. The smallest absolute Gasteiger partial charge is 0.419 e. The average Bonchev–Trinajstić information content (AvgIpc) is 3.41. The lowest BCUT2D eigenvalue weighted by Crippen LogP contribution is -2.55. The number of benzene rings is 2. The Kier molecular flexibility index (Phi) is 13.4. The van der Waals surface area contributed by atoms with Gasteiger partial charge < -0.3 is 38.8 Å². The van der Waals surface area contributed by atoms with Gasteiger partial charge >= 0.3 is 23.8 Å². The molecule has 0 unspecified atom stereocenters. The zero-order valence-corrected chi connectivity index (χ0v) is 34.3. The van der Waals surface area contributed by atoms with Crippen molar-refractivity contribution in [2.75, 3.05) is 77.4 Å². The molecule has 7 rings (SSSR count). The van der Waals surface area contributed by atoms with Gasteiger partial charge in [-0.25, -0.2) is 14.4 Å². The number of carbonyl (C=O) groups is 4. The summed E-state index contributed by atoms with van der Waals surface area (Å²) in [5, 5.41) is 3.05. The Labute approximate surface area is 340 Å². The Morgan fingerprint density at radius 1 is 0.897 bits per heavy atom. The van der Waals surface area contributed by atoms with Gasteiger partial charge in [0, 0.05) is 96.7 Å². The number of aromatic nitrogens is 1. The van der Waals surface area contributed by atoms with E-state index in [0.717, 1.165) is 80.7 Å². The van der Waals surface area contributed by atoms with Crippen molar-refractivity contribution in [2.45, 2.75) is 89.8 Å². The van der Waals surface area contributed by atoms with E-state index in [2.05, 4.69) is 22.0 Å². The molecule has 4 amide bonds. The lowest BCUT2D eigenvalue weighted by atomic mass is 9.99.